The summed E-state index contributed by atoms with van der Waals surface area (Å²) >= 11 is 6.44. The third kappa shape index (κ3) is 7.16. The topological polar surface area (TPSA) is 181 Å². The monoisotopic (exact) mass is 866 g/mol. The van der Waals surface area contributed by atoms with Gasteiger partial charge in [0.25, 0.3) is 11.8 Å². The van der Waals surface area contributed by atoms with E-state index in [9.17, 15) is 32.3 Å². The number of nitrogens with zero attached hydrogens (tertiary/aromatic N) is 3. The third-order valence-corrected chi connectivity index (χ3v) is 11.2. The number of piperazine rings is 1. The summed E-state index contributed by atoms with van der Waals surface area (Å²) < 4.78 is 76.5. The van der Waals surface area contributed by atoms with E-state index in [1.54, 1.807) is 30.3 Å². The number of amides is 3. The maximum Gasteiger partial charge on any atom is 0.432 e. The lowest BCUT2D eigenvalue weighted by Crippen LogP contribution is -2.48. The molecule has 2 aliphatic rings. The van der Waals surface area contributed by atoms with Crippen LogP contribution in [0.25, 0.3) is 32.8 Å². The number of aromatic nitrogens is 2. The van der Waals surface area contributed by atoms with Crippen molar-refractivity contribution in [2.45, 2.75) is 12.1 Å². The van der Waals surface area contributed by atoms with Crippen LogP contribution in [-0.2, 0) is 10.9 Å². The number of halogens is 4. The standard InChI is InChI=1S/C41H38ClF3N6O10/c1-49-8-10-50(11-9-49)40(55)61-26-16-25-29(30-31(39(54)59-5)36(41(43,44)45)48-32(26)30)21(17-42)18-51(25)38(53)24-13-19-12-22(6-7-23(19)47-24)46-37(52)28-15-20-14-27(56-2)34(57-3)35(58-4)33(20)60-28/h6-7,12-16,21,47-48H,8-11,17-18H2,1-5H3,(H,46,52)/t21-/m1/s1. The number of rotatable bonds is 9. The number of nitrogens with one attached hydrogen (secondary N) is 3. The quantitative estimate of drug-likeness (QED) is 0.0988. The largest absolute Gasteiger partial charge is 0.493 e. The highest BCUT2D eigenvalue weighted by atomic mass is 35.5. The van der Waals surface area contributed by atoms with E-state index in [2.05, 4.69) is 15.3 Å². The molecule has 3 N–H and O–H groups in total. The van der Waals surface area contributed by atoms with Crippen molar-refractivity contribution in [2.75, 3.05) is 84.3 Å². The number of benzene rings is 3. The molecule has 0 spiro atoms. The number of ether oxygens (including phenoxy) is 5. The summed E-state index contributed by atoms with van der Waals surface area (Å²) in [6.07, 6.45) is -5.87. The number of furan rings is 1. The molecule has 8 rings (SSSR count). The van der Waals surface area contributed by atoms with E-state index >= 15 is 0 Å². The van der Waals surface area contributed by atoms with E-state index < -0.39 is 47.2 Å². The van der Waals surface area contributed by atoms with Gasteiger partial charge in [-0.2, -0.15) is 13.2 Å². The number of aromatic amines is 2. The Morgan fingerprint density at radius 1 is 0.902 bits per heavy atom. The van der Waals surface area contributed by atoms with E-state index in [1.165, 1.54) is 43.3 Å². The number of fused-ring (bicyclic) bond motifs is 5. The minimum atomic E-state index is -5.05. The first-order chi connectivity index (χ1) is 29.2. The van der Waals surface area contributed by atoms with Crippen LogP contribution in [0.3, 0.4) is 0 Å². The molecule has 0 aliphatic carbocycles. The molecule has 5 heterocycles. The van der Waals surface area contributed by atoms with Gasteiger partial charge in [0, 0.05) is 78.0 Å². The first-order valence-electron chi connectivity index (χ1n) is 18.8. The molecule has 3 amide bonds. The molecular formula is C41H38ClF3N6O10. The van der Waals surface area contributed by atoms with Crippen molar-refractivity contribution in [3.8, 4) is 23.0 Å². The highest BCUT2D eigenvalue weighted by Crippen LogP contribution is 2.50. The molecule has 6 aromatic rings. The van der Waals surface area contributed by atoms with Crippen LogP contribution in [0.5, 0.6) is 23.0 Å². The molecule has 320 valence electrons. The SMILES string of the molecule is COC(=O)c1c(C(F)(F)F)[nH]c2c(OC(=O)N3CCN(C)CC3)cc3c(c12)[C@H](CCl)CN3C(=O)c1cc2cc(NC(=O)c3cc4cc(OC)c(OC)c(OC)c4o3)ccc2[nH]1. The van der Waals surface area contributed by atoms with Crippen molar-refractivity contribution in [2.24, 2.45) is 0 Å². The maximum atomic E-state index is 14.6. The Hall–Kier alpha value is -6.60. The number of anilines is 2. The molecule has 16 nitrogen and oxygen atoms in total. The van der Waals surface area contributed by atoms with Crippen molar-refractivity contribution in [1.82, 2.24) is 19.8 Å². The normalized spacial score (nSPS) is 15.7. The average Bonchev–Trinajstić information content (AvgIpc) is 4.05. The Morgan fingerprint density at radius 2 is 1.64 bits per heavy atom. The number of likely N-dealkylation sites (N-methyl/N-ethyl adjacent to an activating group) is 1. The predicted octanol–water partition coefficient (Wildman–Crippen LogP) is 7.21. The highest BCUT2D eigenvalue weighted by molar-refractivity contribution is 6.20. The van der Waals surface area contributed by atoms with Crippen LogP contribution in [0.1, 0.15) is 48.6 Å². The number of hydrogen-bond acceptors (Lipinski definition) is 11. The van der Waals surface area contributed by atoms with Gasteiger partial charge in [0.2, 0.25) is 11.5 Å². The zero-order chi connectivity index (χ0) is 43.5. The van der Waals surface area contributed by atoms with Gasteiger partial charge < -0.3 is 58.1 Å². The molecule has 2 aliphatic heterocycles. The van der Waals surface area contributed by atoms with Crippen molar-refractivity contribution in [3.05, 3.63) is 70.7 Å². The fourth-order valence-corrected chi connectivity index (χ4v) is 8.14. The van der Waals surface area contributed by atoms with Crippen LogP contribution >= 0.6 is 11.6 Å². The van der Waals surface area contributed by atoms with Crippen LogP contribution in [0.2, 0.25) is 0 Å². The van der Waals surface area contributed by atoms with Crippen LogP contribution in [-0.4, -0.2) is 118 Å². The second-order valence-corrected chi connectivity index (χ2v) is 14.8. The summed E-state index contributed by atoms with van der Waals surface area (Å²) in [5, 5.41) is 3.63. The molecule has 0 unspecified atom stereocenters. The lowest BCUT2D eigenvalue weighted by molar-refractivity contribution is -0.141. The molecule has 1 atom stereocenters. The maximum absolute atomic E-state index is 14.6. The summed E-state index contributed by atoms with van der Waals surface area (Å²) in [5.41, 5.74) is -1.01. The van der Waals surface area contributed by atoms with Gasteiger partial charge in [-0.1, -0.05) is 0 Å². The Labute approximate surface area is 349 Å². The van der Waals surface area contributed by atoms with E-state index in [-0.39, 0.29) is 63.1 Å². The van der Waals surface area contributed by atoms with Crippen LogP contribution < -0.4 is 29.2 Å². The van der Waals surface area contributed by atoms with Gasteiger partial charge in [-0.3, -0.25) is 9.59 Å². The number of alkyl halides is 4. The average molecular weight is 867 g/mol. The zero-order valence-electron chi connectivity index (χ0n) is 33.3. The third-order valence-electron chi connectivity index (χ3n) is 10.9. The van der Waals surface area contributed by atoms with E-state index in [1.807, 2.05) is 11.9 Å². The predicted molar refractivity (Wildman–Crippen MR) is 217 cm³/mol. The number of carbonyl (C=O) groups excluding carboxylic acids is 4. The van der Waals surface area contributed by atoms with Gasteiger partial charge >= 0.3 is 18.2 Å². The smallest absolute Gasteiger partial charge is 0.432 e. The van der Waals surface area contributed by atoms with Crippen molar-refractivity contribution in [3.63, 3.8) is 0 Å². The summed E-state index contributed by atoms with van der Waals surface area (Å²) in [7, 11) is 7.19. The molecule has 0 radical (unpaired) electrons. The molecule has 20 heteroatoms. The summed E-state index contributed by atoms with van der Waals surface area (Å²) in [4.78, 5) is 64.6. The van der Waals surface area contributed by atoms with Crippen LogP contribution in [0, 0.1) is 0 Å². The van der Waals surface area contributed by atoms with Crippen molar-refractivity contribution >= 4 is 79.6 Å². The second kappa shape index (κ2) is 15.8. The van der Waals surface area contributed by atoms with Gasteiger partial charge in [-0.05, 0) is 49.0 Å². The molecule has 3 aromatic carbocycles. The van der Waals surface area contributed by atoms with Gasteiger partial charge in [-0.25, -0.2) is 9.59 Å². The molecular weight excluding hydrogens is 829 g/mol. The molecule has 61 heavy (non-hydrogen) atoms. The second-order valence-electron chi connectivity index (χ2n) is 14.5. The minimum Gasteiger partial charge on any atom is -0.493 e. The van der Waals surface area contributed by atoms with E-state index in [0.717, 1.165) is 7.11 Å². The lowest BCUT2D eigenvalue weighted by Gasteiger charge is -2.31. The molecule has 3 aromatic heterocycles. The van der Waals surface area contributed by atoms with Crippen LogP contribution in [0.4, 0.5) is 29.3 Å². The zero-order valence-corrected chi connectivity index (χ0v) is 34.1. The summed E-state index contributed by atoms with van der Waals surface area (Å²) in [5.74, 6) is -2.81. The Bertz CT molecular complexity index is 2750. The van der Waals surface area contributed by atoms with Crippen LogP contribution in [0.15, 0.2) is 46.9 Å². The van der Waals surface area contributed by atoms with E-state index in [0.29, 0.717) is 59.7 Å². The highest BCUT2D eigenvalue weighted by Gasteiger charge is 2.44. The molecule has 1 saturated heterocycles. The van der Waals surface area contributed by atoms with E-state index in [4.69, 9.17) is 39.7 Å². The summed E-state index contributed by atoms with van der Waals surface area (Å²) in [6, 6.07) is 10.9. The first-order valence-corrected chi connectivity index (χ1v) is 19.3. The van der Waals surface area contributed by atoms with Gasteiger partial charge in [0.15, 0.2) is 22.8 Å². The fraction of sp³-hybridized carbons (Fsp3) is 0.317. The molecule has 0 saturated carbocycles. The Morgan fingerprint density at radius 3 is 2.30 bits per heavy atom. The van der Waals surface area contributed by atoms with Gasteiger partial charge in [0.1, 0.15) is 11.4 Å². The minimum absolute atomic E-state index is 0.0296. The summed E-state index contributed by atoms with van der Waals surface area (Å²) in [6.45, 7) is 1.61. The number of carbonyl (C=O) groups is 4. The van der Waals surface area contributed by atoms with Gasteiger partial charge in [0.05, 0.1) is 45.2 Å². The number of H-pyrrole nitrogens is 2. The first kappa shape index (κ1) is 41.1. The Balaban J connectivity index is 1.14. The van der Waals surface area contributed by atoms with Gasteiger partial charge in [-0.15, -0.1) is 11.6 Å². The van der Waals surface area contributed by atoms with Crippen molar-refractivity contribution in [1.29, 1.82) is 0 Å². The number of hydrogen-bond donors (Lipinski definition) is 3. The number of esters is 1. The molecule has 1 fully saturated rings. The van der Waals surface area contributed by atoms with Crippen molar-refractivity contribution < 1.29 is 60.5 Å². The number of methoxy groups -OCH3 is 4. The lowest BCUT2D eigenvalue weighted by atomic mass is 9.95. The fourth-order valence-electron chi connectivity index (χ4n) is 7.89. The molecule has 0 bridgehead atoms. The Kier molecular flexibility index (Phi) is 10.6.